The fraction of sp³-hybridized carbons (Fsp3) is 0.483. The molecule has 2 heterocycles. The Morgan fingerprint density at radius 1 is 1.11 bits per heavy atom. The molecule has 0 radical (unpaired) electrons. The Labute approximate surface area is 219 Å². The van der Waals surface area contributed by atoms with Gasteiger partial charge in [-0.15, -0.1) is 6.58 Å². The molecule has 0 aromatic heterocycles. The molecule has 188 valence electrons. The smallest absolute Gasteiger partial charge is 0.223 e. The van der Waals surface area contributed by atoms with Gasteiger partial charge in [-0.05, 0) is 60.1 Å². The van der Waals surface area contributed by atoms with Crippen molar-refractivity contribution in [2.24, 2.45) is 17.8 Å². The van der Waals surface area contributed by atoms with E-state index in [4.69, 9.17) is 27.9 Å². The average molecular weight is 516 g/mol. The van der Waals surface area contributed by atoms with Gasteiger partial charge in [0.05, 0.1) is 13.2 Å². The number of hydrogen-bond acceptors (Lipinski definition) is 3. The number of allylic oxidation sites excluding steroid dienone is 1. The van der Waals surface area contributed by atoms with Crippen molar-refractivity contribution in [1.82, 2.24) is 10.2 Å². The second-order valence-electron chi connectivity index (χ2n) is 10.0. The lowest BCUT2D eigenvalue weighted by molar-refractivity contribution is -0.129. The number of rotatable bonds is 8. The van der Waals surface area contributed by atoms with Gasteiger partial charge in [0.2, 0.25) is 5.91 Å². The lowest BCUT2D eigenvalue weighted by Crippen LogP contribution is -2.54. The van der Waals surface area contributed by atoms with Crippen LogP contribution < -0.4 is 5.32 Å². The van der Waals surface area contributed by atoms with Gasteiger partial charge in [-0.1, -0.05) is 67.4 Å². The van der Waals surface area contributed by atoms with Crippen LogP contribution in [0.25, 0.3) is 0 Å². The third-order valence-corrected chi connectivity index (χ3v) is 8.41. The van der Waals surface area contributed by atoms with Crippen LogP contribution in [0, 0.1) is 17.8 Å². The number of benzene rings is 2. The molecule has 2 aromatic rings. The topological polar surface area (TPSA) is 41.6 Å². The monoisotopic (exact) mass is 514 g/mol. The van der Waals surface area contributed by atoms with Crippen molar-refractivity contribution >= 4 is 29.1 Å². The Bertz CT molecular complexity index is 1010. The Kier molecular flexibility index (Phi) is 8.93. The van der Waals surface area contributed by atoms with E-state index in [2.05, 4.69) is 54.9 Å². The van der Waals surface area contributed by atoms with Crippen LogP contribution in [-0.4, -0.2) is 43.2 Å². The molecule has 1 N–H and O–H groups in total. The summed E-state index contributed by atoms with van der Waals surface area (Å²) in [5.74, 6) is 0.737. The molecule has 6 heteroatoms. The maximum atomic E-state index is 13.1. The summed E-state index contributed by atoms with van der Waals surface area (Å²) in [6, 6.07) is 16.5. The minimum absolute atomic E-state index is 0.00729. The summed E-state index contributed by atoms with van der Waals surface area (Å²) in [4.78, 5) is 15.6. The van der Waals surface area contributed by atoms with Crippen LogP contribution in [0.5, 0.6) is 0 Å². The van der Waals surface area contributed by atoms with Gasteiger partial charge in [0.1, 0.15) is 0 Å². The molecular formula is C29H36Cl2N2O2. The normalized spacial score (nSPS) is 25.9. The van der Waals surface area contributed by atoms with E-state index in [1.165, 1.54) is 11.1 Å². The van der Waals surface area contributed by atoms with Gasteiger partial charge in [-0.25, -0.2) is 0 Å². The van der Waals surface area contributed by atoms with Crippen molar-refractivity contribution in [3.05, 3.63) is 82.4 Å². The molecule has 2 aliphatic heterocycles. The molecule has 3 unspecified atom stereocenters. The summed E-state index contributed by atoms with van der Waals surface area (Å²) in [6.07, 6.45) is 3.32. The summed E-state index contributed by atoms with van der Waals surface area (Å²) in [6.45, 7) is 11.7. The van der Waals surface area contributed by atoms with Crippen molar-refractivity contribution in [2.75, 3.05) is 26.3 Å². The number of amides is 1. The molecule has 35 heavy (non-hydrogen) atoms. The number of ether oxygens (including phenoxy) is 1. The molecule has 4 rings (SSSR count). The zero-order chi connectivity index (χ0) is 24.9. The molecule has 2 aromatic carbocycles. The highest BCUT2D eigenvalue weighted by Crippen LogP contribution is 2.42. The second-order valence-corrected chi connectivity index (χ2v) is 10.9. The minimum Gasteiger partial charge on any atom is -0.379 e. The molecule has 0 bridgehead atoms. The Morgan fingerprint density at radius 2 is 1.83 bits per heavy atom. The van der Waals surface area contributed by atoms with Gasteiger partial charge in [-0.3, -0.25) is 9.69 Å². The first kappa shape index (κ1) is 26.2. The zero-order valence-electron chi connectivity index (χ0n) is 20.6. The van der Waals surface area contributed by atoms with Crippen molar-refractivity contribution < 1.29 is 9.53 Å². The van der Waals surface area contributed by atoms with Crippen molar-refractivity contribution in [1.29, 1.82) is 0 Å². The minimum atomic E-state index is -0.0680. The highest BCUT2D eigenvalue weighted by Gasteiger charge is 2.42. The first-order chi connectivity index (χ1) is 16.9. The Morgan fingerprint density at radius 3 is 2.49 bits per heavy atom. The first-order valence-corrected chi connectivity index (χ1v) is 13.4. The number of nitrogens with one attached hydrogen (secondary N) is 1. The van der Waals surface area contributed by atoms with Crippen LogP contribution in [0.15, 0.2) is 61.2 Å². The van der Waals surface area contributed by atoms with Crippen LogP contribution in [0.1, 0.15) is 49.8 Å². The van der Waals surface area contributed by atoms with Crippen LogP contribution >= 0.6 is 23.2 Å². The quantitative estimate of drug-likeness (QED) is 0.408. The predicted molar refractivity (Wildman–Crippen MR) is 144 cm³/mol. The zero-order valence-corrected chi connectivity index (χ0v) is 22.1. The molecule has 0 saturated carbocycles. The van der Waals surface area contributed by atoms with E-state index >= 15 is 0 Å². The molecule has 0 aliphatic carbocycles. The van der Waals surface area contributed by atoms with Crippen molar-refractivity contribution in [3.8, 4) is 0 Å². The molecular weight excluding hydrogens is 479 g/mol. The largest absolute Gasteiger partial charge is 0.379 e. The fourth-order valence-corrected chi connectivity index (χ4v) is 6.23. The van der Waals surface area contributed by atoms with E-state index in [1.54, 1.807) is 0 Å². The van der Waals surface area contributed by atoms with Gasteiger partial charge >= 0.3 is 0 Å². The number of halogens is 2. The summed E-state index contributed by atoms with van der Waals surface area (Å²) in [5.41, 5.74) is 2.44. The van der Waals surface area contributed by atoms with Crippen LogP contribution in [-0.2, 0) is 9.53 Å². The number of carbonyl (C=O) groups is 1. The van der Waals surface area contributed by atoms with E-state index in [1.807, 2.05) is 30.3 Å². The number of nitrogens with zero attached hydrogens (tertiary/aromatic N) is 1. The SMILES string of the molecule is C=CC[C@H]1C[C@H](c2cccc(Cl)c2)[C@H](C(C)C(C)C(c2ccc(Cl)cc2)N2CCOCC2)NC1=O. The number of carbonyl (C=O) groups excluding carboxylic acids is 1. The van der Waals surface area contributed by atoms with Crippen LogP contribution in [0.4, 0.5) is 0 Å². The summed E-state index contributed by atoms with van der Waals surface area (Å²) >= 11 is 12.6. The molecule has 1 amide bonds. The number of piperidine rings is 1. The van der Waals surface area contributed by atoms with E-state index in [-0.39, 0.29) is 41.7 Å². The van der Waals surface area contributed by atoms with Crippen molar-refractivity contribution in [3.63, 3.8) is 0 Å². The number of morpholine rings is 1. The summed E-state index contributed by atoms with van der Waals surface area (Å²) in [5, 5.41) is 4.89. The lowest BCUT2D eigenvalue weighted by Gasteiger charge is -2.46. The Hall–Kier alpha value is -1.85. The number of hydrogen-bond donors (Lipinski definition) is 1. The molecule has 2 aliphatic rings. The summed E-state index contributed by atoms with van der Waals surface area (Å²) in [7, 11) is 0. The standard InChI is InChI=1S/C29H36Cl2N2O2/c1-4-6-23-18-26(22-7-5-8-25(31)17-22)27(32-29(23)34)19(2)20(3)28(33-13-15-35-16-14-33)21-9-11-24(30)12-10-21/h4-5,7-12,17,19-20,23,26-28H,1,6,13-16,18H2,2-3H3,(H,32,34)/t19?,20?,23-,26+,27-,28?/m0/s1. The average Bonchev–Trinajstić information content (AvgIpc) is 2.86. The van der Waals surface area contributed by atoms with Gasteiger partial charge in [0.15, 0.2) is 0 Å². The van der Waals surface area contributed by atoms with E-state index in [9.17, 15) is 4.79 Å². The predicted octanol–water partition coefficient (Wildman–Crippen LogP) is 6.50. The van der Waals surface area contributed by atoms with E-state index < -0.39 is 0 Å². The second kappa shape index (κ2) is 11.9. The maximum absolute atomic E-state index is 13.1. The van der Waals surface area contributed by atoms with Crippen LogP contribution in [0.3, 0.4) is 0 Å². The van der Waals surface area contributed by atoms with Gasteiger partial charge in [0.25, 0.3) is 0 Å². The van der Waals surface area contributed by atoms with E-state index in [0.717, 1.165) is 42.8 Å². The van der Waals surface area contributed by atoms with Gasteiger partial charge < -0.3 is 10.1 Å². The maximum Gasteiger partial charge on any atom is 0.223 e. The molecule has 2 fully saturated rings. The molecule has 6 atom stereocenters. The van der Waals surface area contributed by atoms with Crippen molar-refractivity contribution in [2.45, 2.75) is 44.7 Å². The van der Waals surface area contributed by atoms with E-state index in [0.29, 0.717) is 6.42 Å². The fourth-order valence-electron chi connectivity index (χ4n) is 5.90. The highest BCUT2D eigenvalue weighted by molar-refractivity contribution is 6.30. The molecule has 4 nitrogen and oxygen atoms in total. The van der Waals surface area contributed by atoms with Gasteiger partial charge in [-0.2, -0.15) is 0 Å². The lowest BCUT2D eigenvalue weighted by atomic mass is 9.70. The summed E-state index contributed by atoms with van der Waals surface area (Å²) < 4.78 is 5.66. The molecule has 2 saturated heterocycles. The molecule has 0 spiro atoms. The third-order valence-electron chi connectivity index (χ3n) is 7.92. The highest BCUT2D eigenvalue weighted by atomic mass is 35.5. The Balaban J connectivity index is 1.66. The van der Waals surface area contributed by atoms with Gasteiger partial charge in [0, 0.05) is 47.1 Å². The van der Waals surface area contributed by atoms with Crippen LogP contribution in [0.2, 0.25) is 10.0 Å². The third kappa shape index (κ3) is 6.11. The first-order valence-electron chi connectivity index (χ1n) is 12.6.